The summed E-state index contributed by atoms with van der Waals surface area (Å²) in [6.45, 7) is 2.22. The molecule has 94 valence electrons. The topological polar surface area (TPSA) is 17.1 Å². The van der Waals surface area contributed by atoms with E-state index in [9.17, 15) is 4.79 Å². The second kappa shape index (κ2) is 14.8. The molecule has 0 aliphatic rings. The first kappa shape index (κ1) is 15.8. The van der Waals surface area contributed by atoms with Crippen LogP contribution in [-0.4, -0.2) is 6.29 Å². The van der Waals surface area contributed by atoms with Crippen LogP contribution < -0.4 is 0 Å². The highest BCUT2D eigenvalue weighted by molar-refractivity contribution is 5.49. The number of rotatable bonds is 8. The number of hydrogen-bond acceptors (Lipinski definition) is 1. The molecular weight excluding hydrogens is 208 g/mol. The highest BCUT2D eigenvalue weighted by atomic mass is 16.1. The Hall–Kier alpha value is -1.21. The number of aldehydes is 1. The predicted molar refractivity (Wildman–Crippen MR) is 73.5 cm³/mol. The normalized spacial score (nSPS) is 8.76. The number of carbonyl (C=O) groups is 1. The standard InChI is InChI=1S/C16H24O/c1-2-3-4-5-6-7-8-9-10-11-12-13-14-15-16-17/h16H,2-6,9-10,13-15H2,1H3. The van der Waals surface area contributed by atoms with E-state index in [1.807, 2.05) is 0 Å². The first-order valence-corrected chi connectivity index (χ1v) is 6.77. The molecule has 0 rings (SSSR count). The lowest BCUT2D eigenvalue weighted by molar-refractivity contribution is -0.107. The van der Waals surface area contributed by atoms with Gasteiger partial charge in [0.25, 0.3) is 0 Å². The molecule has 0 aromatic carbocycles. The SMILES string of the molecule is CCCCCCC#CCCC#CCCCC=O. The summed E-state index contributed by atoms with van der Waals surface area (Å²) >= 11 is 0. The Morgan fingerprint density at radius 1 is 0.765 bits per heavy atom. The fourth-order valence-electron chi connectivity index (χ4n) is 1.39. The zero-order valence-electron chi connectivity index (χ0n) is 11.1. The number of unbranched alkanes of at least 4 members (excludes halogenated alkanes) is 7. The molecule has 1 nitrogen and oxygen atoms in total. The molecule has 17 heavy (non-hydrogen) atoms. The van der Waals surface area contributed by atoms with Crippen LogP contribution in [0.25, 0.3) is 0 Å². The van der Waals surface area contributed by atoms with Crippen LogP contribution in [0, 0.1) is 23.7 Å². The molecule has 0 atom stereocenters. The Balaban J connectivity index is 3.26. The Labute approximate surface area is 106 Å². The molecule has 0 aliphatic heterocycles. The van der Waals surface area contributed by atoms with Gasteiger partial charge in [0.15, 0.2) is 0 Å². The van der Waals surface area contributed by atoms with Gasteiger partial charge in [-0.25, -0.2) is 0 Å². The third-order valence-corrected chi connectivity index (χ3v) is 2.40. The van der Waals surface area contributed by atoms with Gasteiger partial charge in [0, 0.05) is 32.1 Å². The molecule has 1 heteroatoms. The molecular formula is C16H24O. The third kappa shape index (κ3) is 14.8. The summed E-state index contributed by atoms with van der Waals surface area (Å²) < 4.78 is 0. The smallest absolute Gasteiger partial charge is 0.120 e. The maximum absolute atomic E-state index is 10.0. The molecule has 0 saturated carbocycles. The Bertz CT molecular complexity index is 282. The Morgan fingerprint density at radius 3 is 1.94 bits per heavy atom. The van der Waals surface area contributed by atoms with E-state index < -0.39 is 0 Å². The van der Waals surface area contributed by atoms with Crippen LogP contribution in [0.4, 0.5) is 0 Å². The van der Waals surface area contributed by atoms with E-state index in [1.54, 1.807) is 0 Å². The van der Waals surface area contributed by atoms with E-state index >= 15 is 0 Å². The van der Waals surface area contributed by atoms with Crippen LogP contribution in [0.1, 0.15) is 71.1 Å². The zero-order valence-corrected chi connectivity index (χ0v) is 11.1. The summed E-state index contributed by atoms with van der Waals surface area (Å²) in [6, 6.07) is 0. The largest absolute Gasteiger partial charge is 0.303 e. The van der Waals surface area contributed by atoms with Crippen molar-refractivity contribution in [2.45, 2.75) is 71.1 Å². The summed E-state index contributed by atoms with van der Waals surface area (Å²) in [4.78, 5) is 10.0. The average molecular weight is 232 g/mol. The van der Waals surface area contributed by atoms with E-state index in [1.165, 1.54) is 25.7 Å². The summed E-state index contributed by atoms with van der Waals surface area (Å²) in [5.74, 6) is 12.5. The molecule has 0 fully saturated rings. The van der Waals surface area contributed by atoms with Gasteiger partial charge in [-0.15, -0.1) is 23.7 Å². The second-order valence-electron chi connectivity index (χ2n) is 4.08. The van der Waals surface area contributed by atoms with Crippen molar-refractivity contribution < 1.29 is 4.79 Å². The molecule has 0 saturated heterocycles. The summed E-state index contributed by atoms with van der Waals surface area (Å²) in [6.07, 6.45) is 11.2. The summed E-state index contributed by atoms with van der Waals surface area (Å²) in [5, 5.41) is 0. The van der Waals surface area contributed by atoms with Crippen LogP contribution >= 0.6 is 0 Å². The molecule has 0 aromatic rings. The van der Waals surface area contributed by atoms with Crippen molar-refractivity contribution in [1.29, 1.82) is 0 Å². The first-order chi connectivity index (χ1) is 8.41. The predicted octanol–water partition coefficient (Wildman–Crippen LogP) is 4.11. The van der Waals surface area contributed by atoms with Crippen LogP contribution in [0.15, 0.2) is 0 Å². The van der Waals surface area contributed by atoms with Crippen LogP contribution in [0.3, 0.4) is 0 Å². The number of hydrogen-bond donors (Lipinski definition) is 0. The van der Waals surface area contributed by atoms with Gasteiger partial charge < -0.3 is 4.79 Å². The van der Waals surface area contributed by atoms with Crippen molar-refractivity contribution in [1.82, 2.24) is 0 Å². The van der Waals surface area contributed by atoms with Gasteiger partial charge in [-0.2, -0.15) is 0 Å². The fourth-order valence-corrected chi connectivity index (χ4v) is 1.39. The first-order valence-electron chi connectivity index (χ1n) is 6.77. The van der Waals surface area contributed by atoms with Crippen LogP contribution in [0.2, 0.25) is 0 Å². The van der Waals surface area contributed by atoms with E-state index in [2.05, 4.69) is 30.6 Å². The molecule has 0 aliphatic carbocycles. The Morgan fingerprint density at radius 2 is 1.35 bits per heavy atom. The van der Waals surface area contributed by atoms with Crippen molar-refractivity contribution >= 4 is 6.29 Å². The monoisotopic (exact) mass is 232 g/mol. The molecule has 0 bridgehead atoms. The molecule has 0 aromatic heterocycles. The maximum Gasteiger partial charge on any atom is 0.120 e. The Kier molecular flexibility index (Phi) is 13.7. The lowest BCUT2D eigenvalue weighted by Gasteiger charge is -1.91. The highest BCUT2D eigenvalue weighted by Gasteiger charge is 1.83. The van der Waals surface area contributed by atoms with Crippen LogP contribution in [0.5, 0.6) is 0 Å². The zero-order chi connectivity index (χ0) is 12.6. The fraction of sp³-hybridized carbons (Fsp3) is 0.688. The molecule has 0 radical (unpaired) electrons. The average Bonchev–Trinajstić information content (AvgIpc) is 2.35. The van der Waals surface area contributed by atoms with E-state index in [0.717, 1.165) is 38.4 Å². The lowest BCUT2D eigenvalue weighted by atomic mass is 10.1. The molecule has 0 spiro atoms. The van der Waals surface area contributed by atoms with Crippen LogP contribution in [-0.2, 0) is 4.79 Å². The van der Waals surface area contributed by atoms with E-state index in [-0.39, 0.29) is 0 Å². The minimum Gasteiger partial charge on any atom is -0.303 e. The minimum absolute atomic E-state index is 0.631. The van der Waals surface area contributed by atoms with Gasteiger partial charge in [0.05, 0.1) is 0 Å². The van der Waals surface area contributed by atoms with Crippen molar-refractivity contribution in [3.8, 4) is 23.7 Å². The van der Waals surface area contributed by atoms with Gasteiger partial charge in [-0.05, 0) is 12.8 Å². The summed E-state index contributed by atoms with van der Waals surface area (Å²) in [5.41, 5.74) is 0. The van der Waals surface area contributed by atoms with Crippen molar-refractivity contribution in [2.75, 3.05) is 0 Å². The third-order valence-electron chi connectivity index (χ3n) is 2.40. The lowest BCUT2D eigenvalue weighted by Crippen LogP contribution is -1.75. The molecule has 0 amide bonds. The van der Waals surface area contributed by atoms with Crippen molar-refractivity contribution in [3.05, 3.63) is 0 Å². The van der Waals surface area contributed by atoms with Gasteiger partial charge in [-0.1, -0.05) is 26.2 Å². The van der Waals surface area contributed by atoms with Gasteiger partial charge in [0.2, 0.25) is 0 Å². The minimum atomic E-state index is 0.631. The quantitative estimate of drug-likeness (QED) is 0.349. The van der Waals surface area contributed by atoms with Gasteiger partial charge >= 0.3 is 0 Å². The summed E-state index contributed by atoms with van der Waals surface area (Å²) in [7, 11) is 0. The highest BCUT2D eigenvalue weighted by Crippen LogP contribution is 2.01. The van der Waals surface area contributed by atoms with Crippen molar-refractivity contribution in [2.24, 2.45) is 0 Å². The van der Waals surface area contributed by atoms with Crippen molar-refractivity contribution in [3.63, 3.8) is 0 Å². The van der Waals surface area contributed by atoms with Gasteiger partial charge in [-0.3, -0.25) is 0 Å². The molecule has 0 heterocycles. The maximum atomic E-state index is 10.0. The second-order valence-corrected chi connectivity index (χ2v) is 4.08. The van der Waals surface area contributed by atoms with E-state index in [4.69, 9.17) is 0 Å². The van der Waals surface area contributed by atoms with Gasteiger partial charge in [0.1, 0.15) is 6.29 Å². The molecule has 0 N–H and O–H groups in total. The number of carbonyl (C=O) groups excluding carboxylic acids is 1. The van der Waals surface area contributed by atoms with E-state index in [0.29, 0.717) is 6.42 Å². The molecule has 0 unspecified atom stereocenters.